The highest BCUT2D eigenvalue weighted by Gasteiger charge is 2.10. The van der Waals surface area contributed by atoms with E-state index in [9.17, 15) is 4.79 Å². The zero-order valence-corrected chi connectivity index (χ0v) is 14.1. The van der Waals surface area contributed by atoms with Gasteiger partial charge in [0.15, 0.2) is 0 Å². The molecule has 1 unspecified atom stereocenters. The third-order valence-corrected chi connectivity index (χ3v) is 3.63. The Balaban J connectivity index is 3.38. The quantitative estimate of drug-likeness (QED) is 0.504. The Bertz CT molecular complexity index is 229. The standard InChI is InChI=1S/C17H36N2O/c1-5-6-10-14-19-17(20)16(4)18-13-11-8-7-9-12-15(2)3/h15-16,18H,5-14H2,1-4H3,(H,19,20). The summed E-state index contributed by atoms with van der Waals surface area (Å²) in [4.78, 5) is 11.8. The van der Waals surface area contributed by atoms with Crippen LogP contribution in [0.5, 0.6) is 0 Å². The molecule has 0 aliphatic heterocycles. The molecule has 120 valence electrons. The van der Waals surface area contributed by atoms with Gasteiger partial charge in [0, 0.05) is 6.54 Å². The largest absolute Gasteiger partial charge is 0.355 e. The van der Waals surface area contributed by atoms with Crippen LogP contribution in [-0.2, 0) is 4.79 Å². The number of rotatable bonds is 13. The topological polar surface area (TPSA) is 41.1 Å². The molecule has 0 heterocycles. The lowest BCUT2D eigenvalue weighted by Gasteiger charge is -2.14. The predicted molar refractivity (Wildman–Crippen MR) is 87.9 cm³/mol. The second-order valence-corrected chi connectivity index (χ2v) is 6.27. The van der Waals surface area contributed by atoms with Gasteiger partial charge in [-0.15, -0.1) is 0 Å². The zero-order chi connectivity index (χ0) is 15.2. The first-order chi connectivity index (χ1) is 9.57. The van der Waals surface area contributed by atoms with Crippen molar-refractivity contribution in [3.8, 4) is 0 Å². The minimum Gasteiger partial charge on any atom is -0.355 e. The minimum absolute atomic E-state index is 0.0627. The Labute approximate surface area is 126 Å². The number of carbonyl (C=O) groups excluding carboxylic acids is 1. The lowest BCUT2D eigenvalue weighted by Crippen LogP contribution is -2.42. The molecule has 0 saturated carbocycles. The Hall–Kier alpha value is -0.570. The molecule has 0 spiro atoms. The summed E-state index contributed by atoms with van der Waals surface area (Å²) < 4.78 is 0. The zero-order valence-electron chi connectivity index (χ0n) is 14.1. The first kappa shape index (κ1) is 19.4. The molecule has 2 N–H and O–H groups in total. The highest BCUT2D eigenvalue weighted by molar-refractivity contribution is 5.81. The van der Waals surface area contributed by atoms with Crippen molar-refractivity contribution in [2.24, 2.45) is 5.92 Å². The Morgan fingerprint density at radius 3 is 2.20 bits per heavy atom. The number of unbranched alkanes of at least 4 members (excludes halogenated alkanes) is 5. The molecule has 1 amide bonds. The average molecular weight is 284 g/mol. The van der Waals surface area contributed by atoms with Crippen molar-refractivity contribution < 1.29 is 4.79 Å². The molecule has 3 heteroatoms. The van der Waals surface area contributed by atoms with Gasteiger partial charge in [-0.1, -0.05) is 59.3 Å². The second kappa shape index (κ2) is 13.4. The maximum Gasteiger partial charge on any atom is 0.236 e. The van der Waals surface area contributed by atoms with Crippen LogP contribution in [0.25, 0.3) is 0 Å². The van der Waals surface area contributed by atoms with Gasteiger partial charge in [0.2, 0.25) is 5.91 Å². The molecule has 0 aliphatic rings. The van der Waals surface area contributed by atoms with Gasteiger partial charge < -0.3 is 10.6 Å². The fourth-order valence-corrected chi connectivity index (χ4v) is 2.18. The van der Waals surface area contributed by atoms with Gasteiger partial charge in [0.25, 0.3) is 0 Å². The fraction of sp³-hybridized carbons (Fsp3) is 0.941. The van der Waals surface area contributed by atoms with Gasteiger partial charge in [-0.2, -0.15) is 0 Å². The molecule has 0 bridgehead atoms. The monoisotopic (exact) mass is 284 g/mol. The molecule has 0 radical (unpaired) electrons. The van der Waals surface area contributed by atoms with E-state index in [-0.39, 0.29) is 11.9 Å². The van der Waals surface area contributed by atoms with Gasteiger partial charge >= 0.3 is 0 Å². The number of carbonyl (C=O) groups is 1. The molecular weight excluding hydrogens is 248 g/mol. The van der Waals surface area contributed by atoms with E-state index in [1.54, 1.807) is 0 Å². The van der Waals surface area contributed by atoms with Crippen LogP contribution in [0.3, 0.4) is 0 Å². The van der Waals surface area contributed by atoms with Crippen molar-refractivity contribution in [3.63, 3.8) is 0 Å². The van der Waals surface area contributed by atoms with E-state index in [2.05, 4.69) is 31.4 Å². The molecule has 3 nitrogen and oxygen atoms in total. The maximum atomic E-state index is 11.8. The van der Waals surface area contributed by atoms with E-state index in [0.29, 0.717) is 0 Å². The third-order valence-electron chi connectivity index (χ3n) is 3.63. The molecule has 20 heavy (non-hydrogen) atoms. The SMILES string of the molecule is CCCCCNC(=O)C(C)NCCCCCCC(C)C. The summed E-state index contributed by atoms with van der Waals surface area (Å²) in [5.74, 6) is 0.963. The third kappa shape index (κ3) is 12.5. The summed E-state index contributed by atoms with van der Waals surface area (Å²) in [6, 6.07) is -0.0627. The summed E-state index contributed by atoms with van der Waals surface area (Å²) in [6.07, 6.45) is 9.91. The maximum absolute atomic E-state index is 11.8. The number of nitrogens with one attached hydrogen (secondary N) is 2. The summed E-state index contributed by atoms with van der Waals surface area (Å²) in [7, 11) is 0. The smallest absolute Gasteiger partial charge is 0.236 e. The molecule has 0 aromatic heterocycles. The van der Waals surface area contributed by atoms with Gasteiger partial charge in [0.05, 0.1) is 6.04 Å². The van der Waals surface area contributed by atoms with Crippen molar-refractivity contribution >= 4 is 5.91 Å². The van der Waals surface area contributed by atoms with Crippen molar-refractivity contribution in [2.75, 3.05) is 13.1 Å². The number of hydrogen-bond donors (Lipinski definition) is 2. The Kier molecular flexibility index (Phi) is 13.0. The summed E-state index contributed by atoms with van der Waals surface area (Å²) in [5, 5.41) is 6.30. The molecule has 0 aromatic rings. The highest BCUT2D eigenvalue weighted by atomic mass is 16.2. The van der Waals surface area contributed by atoms with E-state index in [0.717, 1.165) is 25.4 Å². The van der Waals surface area contributed by atoms with E-state index < -0.39 is 0 Å². The van der Waals surface area contributed by atoms with Crippen LogP contribution < -0.4 is 10.6 Å². The van der Waals surface area contributed by atoms with Crippen LogP contribution in [0.4, 0.5) is 0 Å². The first-order valence-corrected chi connectivity index (χ1v) is 8.59. The van der Waals surface area contributed by atoms with Crippen LogP contribution in [0.2, 0.25) is 0 Å². The molecular formula is C17H36N2O. The summed E-state index contributed by atoms with van der Waals surface area (Å²) >= 11 is 0. The van der Waals surface area contributed by atoms with Gasteiger partial charge in [0.1, 0.15) is 0 Å². The molecule has 1 atom stereocenters. The Morgan fingerprint density at radius 1 is 0.900 bits per heavy atom. The van der Waals surface area contributed by atoms with Crippen LogP contribution in [-0.4, -0.2) is 25.0 Å². The molecule has 0 aliphatic carbocycles. The molecule has 0 fully saturated rings. The van der Waals surface area contributed by atoms with E-state index >= 15 is 0 Å². The fourth-order valence-electron chi connectivity index (χ4n) is 2.18. The van der Waals surface area contributed by atoms with Crippen LogP contribution >= 0.6 is 0 Å². The number of hydrogen-bond acceptors (Lipinski definition) is 2. The summed E-state index contributed by atoms with van der Waals surface area (Å²) in [6.45, 7) is 10.4. The molecule has 0 aromatic carbocycles. The van der Waals surface area contributed by atoms with Crippen LogP contribution in [0, 0.1) is 5.92 Å². The molecule has 0 saturated heterocycles. The highest BCUT2D eigenvalue weighted by Crippen LogP contribution is 2.08. The van der Waals surface area contributed by atoms with E-state index in [1.807, 2.05) is 6.92 Å². The first-order valence-electron chi connectivity index (χ1n) is 8.59. The van der Waals surface area contributed by atoms with Gasteiger partial charge in [-0.25, -0.2) is 0 Å². The van der Waals surface area contributed by atoms with Crippen molar-refractivity contribution in [1.29, 1.82) is 0 Å². The van der Waals surface area contributed by atoms with Gasteiger partial charge in [-0.3, -0.25) is 4.79 Å². The van der Waals surface area contributed by atoms with Crippen LogP contribution in [0.1, 0.15) is 79.1 Å². The average Bonchev–Trinajstić information content (AvgIpc) is 2.41. The lowest BCUT2D eigenvalue weighted by molar-refractivity contribution is -0.122. The predicted octanol–water partition coefficient (Wildman–Crippen LogP) is 3.88. The van der Waals surface area contributed by atoms with Crippen molar-refractivity contribution in [3.05, 3.63) is 0 Å². The molecule has 0 rings (SSSR count). The van der Waals surface area contributed by atoms with E-state index in [1.165, 1.54) is 44.9 Å². The second-order valence-electron chi connectivity index (χ2n) is 6.27. The lowest BCUT2D eigenvalue weighted by atomic mass is 10.0. The van der Waals surface area contributed by atoms with E-state index in [4.69, 9.17) is 0 Å². The van der Waals surface area contributed by atoms with Crippen molar-refractivity contribution in [1.82, 2.24) is 10.6 Å². The van der Waals surface area contributed by atoms with Crippen LogP contribution in [0.15, 0.2) is 0 Å². The van der Waals surface area contributed by atoms with Gasteiger partial charge in [-0.05, 0) is 32.2 Å². The minimum atomic E-state index is -0.0627. The number of amides is 1. The normalized spacial score (nSPS) is 12.7. The van der Waals surface area contributed by atoms with Crippen molar-refractivity contribution in [2.45, 2.75) is 85.1 Å². The Morgan fingerprint density at radius 2 is 1.55 bits per heavy atom. The summed E-state index contributed by atoms with van der Waals surface area (Å²) in [5.41, 5.74) is 0.